The van der Waals surface area contributed by atoms with Crippen LogP contribution in [0.4, 0.5) is 0 Å². The van der Waals surface area contributed by atoms with E-state index in [1.807, 2.05) is 0 Å². The fraction of sp³-hybridized carbons (Fsp3) is 0.500. The molecule has 0 atom stereocenters. The molecule has 38 valence electrons. The minimum atomic E-state index is -0.627. The smallest absolute Gasteiger partial charge is 0.339 e. The van der Waals surface area contributed by atoms with E-state index in [9.17, 15) is 4.79 Å². The second kappa shape index (κ2) is 6.67. The third-order valence-corrected chi connectivity index (χ3v) is 0.585. The van der Waals surface area contributed by atoms with Gasteiger partial charge in [-0.25, -0.2) is 4.79 Å². The van der Waals surface area contributed by atoms with Crippen LogP contribution in [0.25, 0.3) is 0 Å². The van der Waals surface area contributed by atoms with Crippen molar-refractivity contribution in [3.8, 4) is 0 Å². The van der Waals surface area contributed by atoms with Gasteiger partial charge in [-0.1, -0.05) is 0 Å². The third-order valence-electron chi connectivity index (χ3n) is 0.195. The van der Waals surface area contributed by atoms with Crippen LogP contribution in [-0.4, -0.2) is 11.8 Å². The monoisotopic (exact) mass is 192 g/mol. The summed E-state index contributed by atoms with van der Waals surface area (Å²) < 4.78 is 3.60. The van der Waals surface area contributed by atoms with Gasteiger partial charge in [-0.15, -0.1) is 11.6 Å². The van der Waals surface area contributed by atoms with Crippen molar-refractivity contribution in [3.63, 3.8) is 0 Å². The summed E-state index contributed by atoms with van der Waals surface area (Å²) in [6, 6.07) is 0. The molecule has 0 bridgehead atoms. The summed E-state index contributed by atoms with van der Waals surface area (Å²) in [7, 11) is 0. The van der Waals surface area contributed by atoms with Gasteiger partial charge in [0.05, 0.1) is 0 Å². The molecule has 0 saturated heterocycles. The Balaban J connectivity index is 0. The summed E-state index contributed by atoms with van der Waals surface area (Å²) in [6.45, 7) is 0. The van der Waals surface area contributed by atoms with E-state index in [-0.39, 0.29) is 25.4 Å². The molecule has 0 saturated carbocycles. The van der Waals surface area contributed by atoms with Crippen molar-refractivity contribution < 1.29 is 28.6 Å². The van der Waals surface area contributed by atoms with E-state index in [0.29, 0.717) is 0 Å². The molecule has 0 unspecified atom stereocenters. The number of alkyl halides is 1. The zero-order valence-electron chi connectivity index (χ0n) is 3.49. The van der Waals surface area contributed by atoms with E-state index in [1.165, 1.54) is 0 Å². The van der Waals surface area contributed by atoms with Crippen LogP contribution in [0.1, 0.15) is 0 Å². The number of hydrogen-bond donors (Lipinski definition) is 0. The second-order valence-electron chi connectivity index (χ2n) is 0.583. The van der Waals surface area contributed by atoms with Gasteiger partial charge < -0.3 is 4.29 Å². The third kappa shape index (κ3) is 6.67. The van der Waals surface area contributed by atoms with Crippen LogP contribution in [0.2, 0.25) is 0 Å². The molecular weight excluding hydrogens is 192 g/mol. The van der Waals surface area contributed by atoms with Crippen molar-refractivity contribution in [1.29, 1.82) is 0 Å². The Morgan fingerprint density at radius 2 is 2.14 bits per heavy atom. The summed E-state index contributed by atoms with van der Waals surface area (Å²) in [4.78, 5) is 9.69. The van der Waals surface area contributed by atoms with Gasteiger partial charge in [0, 0.05) is 19.5 Å². The molecule has 0 fully saturated rings. The zero-order valence-corrected chi connectivity index (χ0v) is 7.97. The first-order chi connectivity index (χ1) is 2.81. The van der Waals surface area contributed by atoms with E-state index in [2.05, 4.69) is 16.2 Å². The van der Waals surface area contributed by atoms with E-state index in [1.54, 1.807) is 0 Å². The summed E-state index contributed by atoms with van der Waals surface area (Å²) >= 11 is 9.41. The van der Waals surface area contributed by atoms with Crippen LogP contribution in [0, 0.1) is 0 Å². The number of carbonyl (C=O) groups excluding carboxylic acids is 1. The quantitative estimate of drug-likeness (QED) is 0.458. The molecule has 0 aliphatic heterocycles. The number of hydrogen-bond acceptors (Lipinski definition) is 2. The molecule has 0 amide bonds. The fourth-order valence-corrected chi connectivity index (χ4v) is 0.186. The summed E-state index contributed by atoms with van der Waals surface area (Å²) in [5.74, 6) is -0.818. The molecule has 2 nitrogen and oxygen atoms in total. The summed E-state index contributed by atoms with van der Waals surface area (Å²) in [5.41, 5.74) is 0. The Morgan fingerprint density at radius 1 is 1.71 bits per heavy atom. The van der Waals surface area contributed by atoms with E-state index in [4.69, 9.17) is 11.6 Å². The topological polar surface area (TPSA) is 26.3 Å². The molecule has 0 N–H and O–H groups in total. The van der Waals surface area contributed by atoms with Crippen LogP contribution >= 0.6 is 23.5 Å². The predicted molar refractivity (Wildman–Crippen MR) is 22.7 cm³/mol. The summed E-state index contributed by atoms with van der Waals surface area (Å²) in [6.07, 6.45) is 0. The minimum Gasteiger partial charge on any atom is -0.346 e. The van der Waals surface area contributed by atoms with Gasteiger partial charge >= 0.3 is 5.97 Å². The van der Waals surface area contributed by atoms with E-state index in [0.717, 1.165) is 0 Å². The van der Waals surface area contributed by atoms with Gasteiger partial charge in [0.15, 0.2) is 0 Å². The molecule has 0 aromatic rings. The van der Waals surface area contributed by atoms with Crippen LogP contribution in [0.5, 0.6) is 0 Å². The first kappa shape index (κ1) is 10.6. The van der Waals surface area contributed by atoms with Gasteiger partial charge in [0.1, 0.15) is 17.7 Å². The largest absolute Gasteiger partial charge is 0.346 e. The van der Waals surface area contributed by atoms with Crippen molar-refractivity contribution >= 4 is 29.4 Å². The molecule has 0 aliphatic carbocycles. The molecule has 0 heterocycles. The van der Waals surface area contributed by atoms with Crippen molar-refractivity contribution in [2.45, 2.75) is 0 Å². The molecule has 5 heteroatoms. The van der Waals surface area contributed by atoms with E-state index >= 15 is 0 Å². The Hall–Kier alpha value is 0.673. The molecule has 0 spiro atoms. The Kier molecular flexibility index (Phi) is 10.1. The predicted octanol–water partition coefficient (Wildman–Crippen LogP) is 0.920. The number of halogens is 2. The molecule has 0 aromatic heterocycles. The van der Waals surface area contributed by atoms with Crippen molar-refractivity contribution in [2.75, 3.05) is 5.88 Å². The fourth-order valence-electron chi connectivity index (χ4n) is 0.0206. The summed E-state index contributed by atoms with van der Waals surface area (Å²) in [5, 5.41) is 0. The van der Waals surface area contributed by atoms with Gasteiger partial charge in [-0.3, -0.25) is 0 Å². The van der Waals surface area contributed by atoms with Crippen LogP contribution in [0.15, 0.2) is 0 Å². The van der Waals surface area contributed by atoms with Crippen molar-refractivity contribution in [2.24, 2.45) is 0 Å². The number of carbonyl (C=O) groups is 1. The standard InChI is InChI=1S/C2H2Cl2O2.Zn/c3-1-2(5)6-4;/h1H2;. The Bertz CT molecular complexity index is 51.7. The Morgan fingerprint density at radius 3 is 2.14 bits per heavy atom. The average Bonchev–Trinajstić information content (AvgIpc) is 1.65. The van der Waals surface area contributed by atoms with Gasteiger partial charge in [0.2, 0.25) is 0 Å². The Labute approximate surface area is 64.0 Å². The maximum Gasteiger partial charge on any atom is 0.339 e. The van der Waals surface area contributed by atoms with Crippen LogP contribution < -0.4 is 0 Å². The van der Waals surface area contributed by atoms with Gasteiger partial charge in [-0.05, 0) is 0 Å². The van der Waals surface area contributed by atoms with Crippen molar-refractivity contribution in [1.82, 2.24) is 0 Å². The number of rotatable bonds is 1. The molecular formula is C2H2Cl2O2Zn. The van der Waals surface area contributed by atoms with E-state index < -0.39 is 5.97 Å². The first-order valence-electron chi connectivity index (χ1n) is 1.18. The molecule has 0 aliphatic rings. The SMILES string of the molecule is O=C(CCl)OCl.[Zn]. The molecule has 0 aromatic carbocycles. The normalized spacial score (nSPS) is 6.57. The maximum atomic E-state index is 9.69. The maximum absolute atomic E-state index is 9.69. The minimum absolute atomic E-state index is 0. The molecule has 7 heavy (non-hydrogen) atoms. The molecule has 0 rings (SSSR count). The van der Waals surface area contributed by atoms with Crippen LogP contribution in [-0.2, 0) is 28.6 Å². The first-order valence-corrected chi connectivity index (χ1v) is 2.03. The molecule has 0 radical (unpaired) electrons. The second-order valence-corrected chi connectivity index (χ2v) is 1.00. The van der Waals surface area contributed by atoms with Gasteiger partial charge in [-0.2, -0.15) is 0 Å². The van der Waals surface area contributed by atoms with Crippen molar-refractivity contribution in [3.05, 3.63) is 0 Å². The van der Waals surface area contributed by atoms with Gasteiger partial charge in [0.25, 0.3) is 0 Å². The average molecular weight is 194 g/mol. The zero-order chi connectivity index (χ0) is 4.99. The van der Waals surface area contributed by atoms with Crippen LogP contribution in [0.3, 0.4) is 0 Å².